The van der Waals surface area contributed by atoms with Gasteiger partial charge in [0.1, 0.15) is 0 Å². The Balaban J connectivity index is 2.86. The Kier molecular flexibility index (Phi) is 2.61. The van der Waals surface area contributed by atoms with Gasteiger partial charge in [0.2, 0.25) is 0 Å². The third-order valence-corrected chi connectivity index (χ3v) is 2.24. The Bertz CT molecular complexity index is 251. The van der Waals surface area contributed by atoms with Crippen molar-refractivity contribution in [3.8, 4) is 0 Å². The Morgan fingerprint density at radius 2 is 2.45 bits per heavy atom. The van der Waals surface area contributed by atoms with Gasteiger partial charge in [0.05, 0.1) is 11.8 Å². The van der Waals surface area contributed by atoms with Crippen molar-refractivity contribution in [3.63, 3.8) is 0 Å². The Morgan fingerprint density at radius 3 is 3.00 bits per heavy atom. The second-order valence-corrected chi connectivity index (χ2v) is 3.32. The van der Waals surface area contributed by atoms with Gasteiger partial charge in [-0.3, -0.25) is 4.99 Å². The molecule has 0 amide bonds. The van der Waals surface area contributed by atoms with Crippen LogP contribution in [0.4, 0.5) is 0 Å². The van der Waals surface area contributed by atoms with Crippen LogP contribution in [-0.2, 0) is 0 Å². The smallest absolute Gasteiger partial charge is 0.0936 e. The third kappa shape index (κ3) is 1.78. The van der Waals surface area contributed by atoms with E-state index in [9.17, 15) is 0 Å². The van der Waals surface area contributed by atoms with Gasteiger partial charge in [-0.15, -0.1) is 0 Å². The molecule has 1 heterocycles. The molecule has 1 rings (SSSR count). The fourth-order valence-corrected chi connectivity index (χ4v) is 1.65. The lowest BCUT2D eigenvalue weighted by atomic mass is 10.4. The van der Waals surface area contributed by atoms with Crippen LogP contribution < -0.4 is 0 Å². The van der Waals surface area contributed by atoms with E-state index >= 15 is 0 Å². The van der Waals surface area contributed by atoms with E-state index in [0.717, 1.165) is 13.6 Å². The van der Waals surface area contributed by atoms with Crippen LogP contribution >= 0.6 is 8.20 Å². The second kappa shape index (κ2) is 3.49. The Morgan fingerprint density at radius 1 is 1.73 bits per heavy atom. The first-order chi connectivity index (χ1) is 5.25. The second-order valence-electron chi connectivity index (χ2n) is 2.25. The van der Waals surface area contributed by atoms with E-state index in [0.29, 0.717) is 0 Å². The first-order valence-electron chi connectivity index (χ1n) is 3.37. The number of rotatable bonds is 1. The van der Waals surface area contributed by atoms with E-state index in [1.54, 1.807) is 13.4 Å². The molecule has 0 fully saturated rings. The largest absolute Gasteiger partial charge is 0.302 e. The summed E-state index contributed by atoms with van der Waals surface area (Å²) in [5, 5.41) is 0. The minimum Gasteiger partial charge on any atom is -0.302 e. The van der Waals surface area contributed by atoms with Crippen molar-refractivity contribution in [3.05, 3.63) is 23.8 Å². The lowest BCUT2D eigenvalue weighted by Gasteiger charge is -2.21. The monoisotopic (exact) mass is 166 g/mol. The first-order valence-corrected chi connectivity index (χ1v) is 4.33. The number of hydrogen-bond donors (Lipinski definition) is 0. The zero-order valence-corrected chi connectivity index (χ0v) is 7.68. The average molecular weight is 166 g/mol. The van der Waals surface area contributed by atoms with Gasteiger partial charge in [0, 0.05) is 12.7 Å². The minimum atomic E-state index is 1.05. The molecule has 0 aromatic heterocycles. The van der Waals surface area contributed by atoms with Crippen molar-refractivity contribution in [1.82, 2.24) is 4.90 Å². The molecule has 0 aromatic rings. The van der Waals surface area contributed by atoms with Crippen LogP contribution in [-0.4, -0.2) is 24.1 Å². The summed E-state index contributed by atoms with van der Waals surface area (Å²) in [6, 6.07) is 0. The summed E-state index contributed by atoms with van der Waals surface area (Å²) in [6.45, 7) is 5.95. The Hall–Kier alpha value is -0.880. The SMILES string of the molecule is C=C1P=CC=C(C)N1C=NC. The van der Waals surface area contributed by atoms with Crippen LogP contribution in [0.1, 0.15) is 6.92 Å². The predicted octanol–water partition coefficient (Wildman–Crippen LogP) is 2.08. The molecule has 11 heavy (non-hydrogen) atoms. The van der Waals surface area contributed by atoms with Gasteiger partial charge in [-0.05, 0) is 27.0 Å². The molecule has 58 valence electrons. The molecule has 0 aromatic carbocycles. The number of aliphatic imine (C=N–C) groups is 1. The number of nitrogens with zero attached hydrogens (tertiary/aromatic N) is 2. The zero-order valence-electron chi connectivity index (χ0n) is 6.78. The van der Waals surface area contributed by atoms with Crippen LogP contribution in [0.5, 0.6) is 0 Å². The molecule has 0 atom stereocenters. The molecule has 0 saturated heterocycles. The van der Waals surface area contributed by atoms with Crippen LogP contribution in [0, 0.1) is 0 Å². The van der Waals surface area contributed by atoms with Gasteiger partial charge in [0.15, 0.2) is 0 Å². The highest BCUT2D eigenvalue weighted by atomic mass is 31.1. The van der Waals surface area contributed by atoms with Gasteiger partial charge in [0.25, 0.3) is 0 Å². The molecule has 0 unspecified atom stereocenters. The number of hydrogen-bond acceptors (Lipinski definition) is 1. The van der Waals surface area contributed by atoms with Gasteiger partial charge in [-0.2, -0.15) is 0 Å². The molecule has 0 aliphatic carbocycles. The van der Waals surface area contributed by atoms with Crippen molar-refractivity contribution in [2.75, 3.05) is 7.05 Å². The summed E-state index contributed by atoms with van der Waals surface area (Å²) in [5.41, 5.74) is 2.22. The Labute approximate surface area is 68.7 Å². The topological polar surface area (TPSA) is 15.6 Å². The molecule has 1 aliphatic rings. The summed E-state index contributed by atoms with van der Waals surface area (Å²) >= 11 is 0. The summed E-state index contributed by atoms with van der Waals surface area (Å²) in [4.78, 5) is 5.93. The van der Waals surface area contributed by atoms with E-state index < -0.39 is 0 Å². The molecule has 3 heteroatoms. The summed E-state index contributed by atoms with van der Waals surface area (Å²) in [6.07, 6.45) is 3.85. The standard InChI is InChI=1S/C8H11N2P/c1-7-4-5-11-8(2)10(7)6-9-3/h4-6H,2H2,1,3H3. The van der Waals surface area contributed by atoms with Crippen molar-refractivity contribution in [1.29, 1.82) is 0 Å². The van der Waals surface area contributed by atoms with E-state index in [2.05, 4.69) is 23.4 Å². The first kappa shape index (κ1) is 8.22. The molecular formula is C8H11N2P. The highest BCUT2D eigenvalue weighted by molar-refractivity contribution is 7.43. The molecule has 0 radical (unpaired) electrons. The van der Waals surface area contributed by atoms with Crippen LogP contribution in [0.25, 0.3) is 0 Å². The van der Waals surface area contributed by atoms with Gasteiger partial charge in [-0.25, -0.2) is 0 Å². The quantitative estimate of drug-likeness (QED) is 0.331. The lowest BCUT2D eigenvalue weighted by molar-refractivity contribution is 0.695. The molecule has 0 saturated carbocycles. The average Bonchev–Trinajstić information content (AvgIpc) is 1.97. The minimum absolute atomic E-state index is 1.05. The van der Waals surface area contributed by atoms with E-state index in [-0.39, 0.29) is 0 Å². The highest BCUT2D eigenvalue weighted by Crippen LogP contribution is 2.22. The normalized spacial score (nSPS) is 19.3. The summed E-state index contributed by atoms with van der Waals surface area (Å²) in [7, 11) is 2.91. The maximum atomic E-state index is 3.94. The molecule has 0 bridgehead atoms. The van der Waals surface area contributed by atoms with Gasteiger partial charge >= 0.3 is 0 Å². The van der Waals surface area contributed by atoms with Crippen molar-refractivity contribution in [2.45, 2.75) is 6.92 Å². The van der Waals surface area contributed by atoms with Crippen molar-refractivity contribution in [2.24, 2.45) is 4.99 Å². The van der Waals surface area contributed by atoms with Crippen LogP contribution in [0.2, 0.25) is 0 Å². The van der Waals surface area contributed by atoms with Crippen molar-refractivity contribution >= 4 is 20.3 Å². The van der Waals surface area contributed by atoms with E-state index in [1.807, 2.05) is 11.8 Å². The summed E-state index contributed by atoms with van der Waals surface area (Å²) < 4.78 is 0. The van der Waals surface area contributed by atoms with E-state index in [4.69, 9.17) is 0 Å². The zero-order chi connectivity index (χ0) is 8.27. The maximum absolute atomic E-state index is 3.94. The number of allylic oxidation sites excluding steroid dienone is 2. The molecular weight excluding hydrogens is 155 g/mol. The lowest BCUT2D eigenvalue weighted by Crippen LogP contribution is -2.17. The molecule has 1 aliphatic heterocycles. The maximum Gasteiger partial charge on any atom is 0.0936 e. The van der Waals surface area contributed by atoms with Crippen molar-refractivity contribution < 1.29 is 0 Å². The predicted molar refractivity (Wildman–Crippen MR) is 52.1 cm³/mol. The molecule has 0 N–H and O–H groups in total. The van der Waals surface area contributed by atoms with E-state index in [1.165, 1.54) is 5.70 Å². The summed E-state index contributed by atoms with van der Waals surface area (Å²) in [5.74, 6) is 2.08. The van der Waals surface area contributed by atoms with Crippen LogP contribution in [0.15, 0.2) is 28.8 Å². The molecule has 2 nitrogen and oxygen atoms in total. The van der Waals surface area contributed by atoms with Gasteiger partial charge in [-0.1, -0.05) is 6.58 Å². The molecule has 0 spiro atoms. The fourth-order valence-electron chi connectivity index (χ4n) is 0.850. The van der Waals surface area contributed by atoms with Crippen LogP contribution in [0.3, 0.4) is 0 Å². The third-order valence-electron chi connectivity index (χ3n) is 1.43. The van der Waals surface area contributed by atoms with Gasteiger partial charge < -0.3 is 4.90 Å². The highest BCUT2D eigenvalue weighted by Gasteiger charge is 2.06. The fraction of sp³-hybridized carbons (Fsp3) is 0.250.